The number of nitroso groups, excluding NO2 is 1. The normalized spacial score (nSPS) is 33.2. The van der Waals surface area contributed by atoms with E-state index in [1.165, 1.54) is 0 Å². The molecule has 2 N–H and O–H groups in total. The fourth-order valence-electron chi connectivity index (χ4n) is 1.64. The van der Waals surface area contributed by atoms with Crippen molar-refractivity contribution in [2.75, 3.05) is 0 Å². The first-order chi connectivity index (χ1) is 6.48. The van der Waals surface area contributed by atoms with Crippen LogP contribution < -0.4 is 5.73 Å². The average Bonchev–Trinajstić information content (AvgIpc) is 2.47. The van der Waals surface area contributed by atoms with Crippen LogP contribution in [-0.2, 0) is 9.39 Å². The summed E-state index contributed by atoms with van der Waals surface area (Å²) in [7, 11) is 1.58. The SMILES string of the molecule is BOC(C)(C)O[C@@H]1C[C@@H](N=O)C[C@H]1N. The van der Waals surface area contributed by atoms with Crippen molar-refractivity contribution in [3.05, 3.63) is 4.91 Å². The lowest BCUT2D eigenvalue weighted by atomic mass is 10.2. The second-order valence-corrected chi connectivity index (χ2v) is 4.15. The van der Waals surface area contributed by atoms with Crippen molar-refractivity contribution in [1.82, 2.24) is 0 Å². The maximum Gasteiger partial charge on any atom is 0.261 e. The standard InChI is InChI=1S/C8H17BN2O3/c1-8(2,14-9)13-7-4-5(11-12)3-6(7)10/h5-7H,3-4,9-10H2,1-2H3/t5-,6+,7+/m0/s1. The van der Waals surface area contributed by atoms with Crippen molar-refractivity contribution in [1.29, 1.82) is 0 Å². The third kappa shape index (κ3) is 2.77. The van der Waals surface area contributed by atoms with Gasteiger partial charge in [-0.1, -0.05) is 5.18 Å². The van der Waals surface area contributed by atoms with Crippen LogP contribution in [0.5, 0.6) is 0 Å². The van der Waals surface area contributed by atoms with E-state index in [0.29, 0.717) is 12.8 Å². The fraction of sp³-hybridized carbons (Fsp3) is 1.00. The Morgan fingerprint density at radius 3 is 2.57 bits per heavy atom. The third-order valence-electron chi connectivity index (χ3n) is 2.60. The molecular formula is C8H17BN2O3. The Morgan fingerprint density at radius 1 is 1.50 bits per heavy atom. The van der Waals surface area contributed by atoms with Gasteiger partial charge in [0.1, 0.15) is 5.79 Å². The second-order valence-electron chi connectivity index (χ2n) is 4.15. The predicted octanol–water partition coefficient (Wildman–Crippen LogP) is -0.0715. The number of nitrogens with two attached hydrogens (primary N) is 1. The highest BCUT2D eigenvalue weighted by Gasteiger charge is 2.36. The predicted molar refractivity (Wildman–Crippen MR) is 55.4 cm³/mol. The third-order valence-corrected chi connectivity index (χ3v) is 2.60. The van der Waals surface area contributed by atoms with Crippen molar-refractivity contribution in [3.63, 3.8) is 0 Å². The van der Waals surface area contributed by atoms with Crippen LogP contribution >= 0.6 is 0 Å². The number of hydrogen-bond donors (Lipinski definition) is 1. The molecule has 0 amide bonds. The monoisotopic (exact) mass is 200 g/mol. The summed E-state index contributed by atoms with van der Waals surface area (Å²) in [6, 6.07) is -0.324. The summed E-state index contributed by atoms with van der Waals surface area (Å²) < 4.78 is 10.8. The lowest BCUT2D eigenvalue weighted by Gasteiger charge is -2.29. The summed E-state index contributed by atoms with van der Waals surface area (Å²) in [5.41, 5.74) is 5.83. The van der Waals surface area contributed by atoms with E-state index >= 15 is 0 Å². The van der Waals surface area contributed by atoms with Crippen LogP contribution in [0.3, 0.4) is 0 Å². The Bertz CT molecular complexity index is 213. The summed E-state index contributed by atoms with van der Waals surface area (Å²) in [6.45, 7) is 3.64. The van der Waals surface area contributed by atoms with E-state index in [9.17, 15) is 4.91 Å². The lowest BCUT2D eigenvalue weighted by molar-refractivity contribution is -0.187. The van der Waals surface area contributed by atoms with Gasteiger partial charge in [-0.3, -0.25) is 0 Å². The van der Waals surface area contributed by atoms with Crippen LogP contribution in [0.25, 0.3) is 0 Å². The van der Waals surface area contributed by atoms with Crippen LogP contribution in [0.4, 0.5) is 0 Å². The quantitative estimate of drug-likeness (QED) is 0.391. The van der Waals surface area contributed by atoms with E-state index in [2.05, 4.69) is 5.18 Å². The molecule has 0 bridgehead atoms. The minimum absolute atomic E-state index is 0.118. The topological polar surface area (TPSA) is 73.9 Å². The van der Waals surface area contributed by atoms with Gasteiger partial charge in [0.2, 0.25) is 0 Å². The molecule has 0 aromatic heterocycles. The van der Waals surface area contributed by atoms with Crippen molar-refractivity contribution < 1.29 is 9.39 Å². The molecular weight excluding hydrogens is 183 g/mol. The zero-order chi connectivity index (χ0) is 10.8. The second kappa shape index (κ2) is 4.38. The Kier molecular flexibility index (Phi) is 3.63. The Labute approximate surface area is 84.7 Å². The summed E-state index contributed by atoms with van der Waals surface area (Å²) in [5, 5.41) is 2.99. The minimum Gasteiger partial charge on any atom is -0.419 e. The molecule has 0 heterocycles. The Hall–Kier alpha value is -0.455. The fourth-order valence-corrected chi connectivity index (χ4v) is 1.64. The van der Waals surface area contributed by atoms with Gasteiger partial charge in [0, 0.05) is 12.5 Å². The summed E-state index contributed by atoms with van der Waals surface area (Å²) in [4.78, 5) is 10.3. The van der Waals surface area contributed by atoms with Gasteiger partial charge in [-0.15, -0.1) is 0 Å². The van der Waals surface area contributed by atoms with Crippen LogP contribution in [0.2, 0.25) is 0 Å². The molecule has 0 unspecified atom stereocenters. The van der Waals surface area contributed by atoms with Crippen LogP contribution in [0, 0.1) is 4.91 Å². The lowest BCUT2D eigenvalue weighted by Crippen LogP contribution is -2.39. The van der Waals surface area contributed by atoms with Crippen molar-refractivity contribution in [2.24, 2.45) is 10.9 Å². The number of ether oxygens (including phenoxy) is 1. The van der Waals surface area contributed by atoms with E-state index in [0.717, 1.165) is 0 Å². The van der Waals surface area contributed by atoms with E-state index in [-0.39, 0.29) is 18.2 Å². The van der Waals surface area contributed by atoms with Crippen molar-refractivity contribution in [2.45, 2.75) is 50.7 Å². The molecule has 1 fully saturated rings. The maximum absolute atomic E-state index is 10.3. The highest BCUT2D eigenvalue weighted by Crippen LogP contribution is 2.27. The molecule has 1 saturated carbocycles. The highest BCUT2D eigenvalue weighted by molar-refractivity contribution is 5.98. The molecule has 14 heavy (non-hydrogen) atoms. The first kappa shape index (κ1) is 11.6. The molecule has 1 aliphatic rings. The van der Waals surface area contributed by atoms with Gasteiger partial charge in [-0.2, -0.15) is 4.91 Å². The van der Waals surface area contributed by atoms with Gasteiger partial charge in [-0.05, 0) is 20.3 Å². The zero-order valence-electron chi connectivity index (χ0n) is 8.90. The molecule has 0 aromatic carbocycles. The number of nitrogens with zero attached hydrogens (tertiary/aromatic N) is 1. The Balaban J connectivity index is 2.50. The van der Waals surface area contributed by atoms with E-state index in [1.54, 1.807) is 8.05 Å². The van der Waals surface area contributed by atoms with Gasteiger partial charge in [0.05, 0.1) is 12.1 Å². The van der Waals surface area contributed by atoms with Gasteiger partial charge < -0.3 is 15.1 Å². The smallest absolute Gasteiger partial charge is 0.261 e. The molecule has 0 aromatic rings. The summed E-state index contributed by atoms with van der Waals surface area (Å²) in [5.74, 6) is -0.653. The molecule has 3 atom stereocenters. The van der Waals surface area contributed by atoms with Gasteiger partial charge in [-0.25, -0.2) is 0 Å². The number of hydrogen-bond acceptors (Lipinski definition) is 5. The molecule has 6 heteroatoms. The molecule has 1 rings (SSSR count). The molecule has 0 spiro atoms. The molecule has 0 aliphatic heterocycles. The molecule has 1 aliphatic carbocycles. The van der Waals surface area contributed by atoms with Crippen molar-refractivity contribution >= 4 is 8.05 Å². The van der Waals surface area contributed by atoms with Gasteiger partial charge in [0.15, 0.2) is 0 Å². The minimum atomic E-state index is -0.653. The first-order valence-electron chi connectivity index (χ1n) is 4.79. The summed E-state index contributed by atoms with van der Waals surface area (Å²) >= 11 is 0. The largest absolute Gasteiger partial charge is 0.419 e. The molecule has 80 valence electrons. The average molecular weight is 200 g/mol. The van der Waals surface area contributed by atoms with Crippen LogP contribution in [0.1, 0.15) is 26.7 Å². The van der Waals surface area contributed by atoms with Gasteiger partial charge in [0.25, 0.3) is 8.05 Å². The molecule has 0 radical (unpaired) electrons. The van der Waals surface area contributed by atoms with Crippen LogP contribution in [-0.4, -0.2) is 32.0 Å². The summed E-state index contributed by atoms with van der Waals surface area (Å²) in [6.07, 6.45) is 1.07. The first-order valence-corrected chi connectivity index (χ1v) is 4.79. The molecule has 0 saturated heterocycles. The van der Waals surface area contributed by atoms with Crippen molar-refractivity contribution in [3.8, 4) is 0 Å². The number of rotatable bonds is 4. The van der Waals surface area contributed by atoms with Gasteiger partial charge >= 0.3 is 0 Å². The zero-order valence-corrected chi connectivity index (χ0v) is 8.90. The van der Waals surface area contributed by atoms with E-state index < -0.39 is 5.79 Å². The molecule has 5 nitrogen and oxygen atoms in total. The highest BCUT2D eigenvalue weighted by atomic mass is 16.7. The maximum atomic E-state index is 10.3. The van der Waals surface area contributed by atoms with E-state index in [1.807, 2.05) is 13.8 Å². The van der Waals surface area contributed by atoms with Crippen LogP contribution in [0.15, 0.2) is 5.18 Å². The van der Waals surface area contributed by atoms with E-state index in [4.69, 9.17) is 15.1 Å². The Morgan fingerprint density at radius 2 is 2.14 bits per heavy atom.